The molecule has 0 saturated heterocycles. The summed E-state index contributed by atoms with van der Waals surface area (Å²) in [4.78, 5) is 10.9. The number of aliphatic hydroxyl groups excluding tert-OH is 1. The first-order chi connectivity index (χ1) is 5.29. The summed E-state index contributed by atoms with van der Waals surface area (Å²) in [6.07, 6.45) is 2.62. The summed E-state index contributed by atoms with van der Waals surface area (Å²) in [5.74, 6) is -0.506. The molecule has 0 bridgehead atoms. The van der Waals surface area contributed by atoms with Crippen molar-refractivity contribution < 1.29 is 15.1 Å². The van der Waals surface area contributed by atoms with Gasteiger partial charge in [0, 0.05) is 12.5 Å². The first kappa shape index (κ1) is 8.49. The second-order valence-electron chi connectivity index (χ2n) is 2.96. The molecule has 0 spiro atoms. The van der Waals surface area contributed by atoms with Crippen molar-refractivity contribution in [2.24, 2.45) is 11.8 Å². The van der Waals surface area contributed by atoms with E-state index in [-0.39, 0.29) is 24.3 Å². The van der Waals surface area contributed by atoms with Crippen molar-refractivity contribution in [3.63, 3.8) is 0 Å². The molecule has 1 aliphatic carbocycles. The van der Waals surface area contributed by atoms with E-state index in [4.69, 9.17) is 10.3 Å². The summed E-state index contributed by atoms with van der Waals surface area (Å²) in [6, 6.07) is 0. The molecule has 1 saturated carbocycles. The van der Waals surface area contributed by atoms with Crippen molar-refractivity contribution in [1.82, 2.24) is 5.48 Å². The summed E-state index contributed by atoms with van der Waals surface area (Å²) >= 11 is 0. The molecule has 0 heterocycles. The Morgan fingerprint density at radius 3 is 2.82 bits per heavy atom. The Bertz CT molecular complexity index is 149. The van der Waals surface area contributed by atoms with Gasteiger partial charge in [-0.25, -0.2) is 5.48 Å². The minimum absolute atomic E-state index is 0.0398. The fourth-order valence-corrected chi connectivity index (χ4v) is 1.68. The number of aliphatic hydroxyl groups is 1. The maximum atomic E-state index is 10.9. The van der Waals surface area contributed by atoms with Gasteiger partial charge in [0.05, 0.1) is 0 Å². The van der Waals surface area contributed by atoms with E-state index in [1.165, 1.54) is 0 Å². The highest BCUT2D eigenvalue weighted by atomic mass is 16.5. The van der Waals surface area contributed by atoms with Gasteiger partial charge in [-0.2, -0.15) is 0 Å². The van der Waals surface area contributed by atoms with Gasteiger partial charge in [0.25, 0.3) is 0 Å². The number of hydrogen-bond donors (Lipinski definition) is 3. The minimum atomic E-state index is -0.360. The Kier molecular flexibility index (Phi) is 2.84. The number of rotatable bonds is 2. The number of carbonyl (C=O) groups is 1. The van der Waals surface area contributed by atoms with Crippen LogP contribution in [0.15, 0.2) is 0 Å². The van der Waals surface area contributed by atoms with Crippen molar-refractivity contribution in [1.29, 1.82) is 0 Å². The van der Waals surface area contributed by atoms with Crippen LogP contribution in [0.5, 0.6) is 0 Å². The van der Waals surface area contributed by atoms with Crippen LogP contribution in [-0.2, 0) is 4.79 Å². The normalized spacial score (nSPS) is 30.4. The molecule has 11 heavy (non-hydrogen) atoms. The fraction of sp³-hybridized carbons (Fsp3) is 0.857. The van der Waals surface area contributed by atoms with Crippen LogP contribution in [0.3, 0.4) is 0 Å². The van der Waals surface area contributed by atoms with Crippen molar-refractivity contribution in [3.8, 4) is 0 Å². The lowest BCUT2D eigenvalue weighted by atomic mass is 9.96. The van der Waals surface area contributed by atoms with Crippen LogP contribution in [0.4, 0.5) is 0 Å². The van der Waals surface area contributed by atoms with Gasteiger partial charge in [0.1, 0.15) is 0 Å². The molecule has 1 fully saturated rings. The Morgan fingerprint density at radius 2 is 2.27 bits per heavy atom. The molecule has 1 rings (SSSR count). The molecule has 3 N–H and O–H groups in total. The Morgan fingerprint density at radius 1 is 1.55 bits per heavy atom. The quantitative estimate of drug-likeness (QED) is 0.389. The number of carbonyl (C=O) groups excluding carboxylic acids is 1. The highest BCUT2D eigenvalue weighted by molar-refractivity contribution is 5.78. The van der Waals surface area contributed by atoms with Gasteiger partial charge in [-0.15, -0.1) is 0 Å². The first-order valence-corrected chi connectivity index (χ1v) is 3.84. The molecular formula is C7H13NO3. The van der Waals surface area contributed by atoms with Crippen LogP contribution in [0.1, 0.15) is 19.3 Å². The summed E-state index contributed by atoms with van der Waals surface area (Å²) in [5, 5.41) is 17.1. The van der Waals surface area contributed by atoms with Gasteiger partial charge in [-0.1, -0.05) is 6.42 Å². The molecule has 64 valence electrons. The second-order valence-corrected chi connectivity index (χ2v) is 2.96. The van der Waals surface area contributed by atoms with Crippen molar-refractivity contribution in [2.45, 2.75) is 19.3 Å². The predicted molar refractivity (Wildman–Crippen MR) is 37.8 cm³/mol. The van der Waals surface area contributed by atoms with E-state index in [0.29, 0.717) is 0 Å². The van der Waals surface area contributed by atoms with E-state index in [1.807, 2.05) is 0 Å². The Balaban J connectivity index is 2.49. The molecule has 4 heteroatoms. The number of hydroxylamine groups is 1. The van der Waals surface area contributed by atoms with Gasteiger partial charge < -0.3 is 5.11 Å². The average molecular weight is 159 g/mol. The molecule has 0 aliphatic heterocycles. The minimum Gasteiger partial charge on any atom is -0.396 e. The zero-order valence-electron chi connectivity index (χ0n) is 6.29. The van der Waals surface area contributed by atoms with E-state index in [2.05, 4.69) is 0 Å². The maximum Gasteiger partial charge on any atom is 0.246 e. The van der Waals surface area contributed by atoms with Gasteiger partial charge in [-0.05, 0) is 18.8 Å². The lowest BCUT2D eigenvalue weighted by Gasteiger charge is -2.13. The molecule has 0 aromatic carbocycles. The van der Waals surface area contributed by atoms with Crippen LogP contribution in [-0.4, -0.2) is 22.8 Å². The summed E-state index contributed by atoms with van der Waals surface area (Å²) < 4.78 is 0. The van der Waals surface area contributed by atoms with Crippen LogP contribution in [0, 0.1) is 11.8 Å². The van der Waals surface area contributed by atoms with Crippen LogP contribution in [0.2, 0.25) is 0 Å². The predicted octanol–water partition coefficient (Wildman–Crippen LogP) is -0.0996. The van der Waals surface area contributed by atoms with Gasteiger partial charge >= 0.3 is 0 Å². The molecule has 0 radical (unpaired) electrons. The lowest BCUT2D eigenvalue weighted by molar-refractivity contribution is -0.135. The van der Waals surface area contributed by atoms with E-state index in [0.717, 1.165) is 19.3 Å². The third-order valence-corrected chi connectivity index (χ3v) is 2.34. The van der Waals surface area contributed by atoms with E-state index in [9.17, 15) is 4.79 Å². The second kappa shape index (κ2) is 3.69. The Labute approximate surface area is 65.2 Å². The average Bonchev–Trinajstić information content (AvgIpc) is 2.50. The monoisotopic (exact) mass is 159 g/mol. The SMILES string of the molecule is O=C(NO)[C@H]1CCC[C@H]1CO. The van der Waals surface area contributed by atoms with Crippen LogP contribution >= 0.6 is 0 Å². The molecule has 1 amide bonds. The van der Waals surface area contributed by atoms with Crippen molar-refractivity contribution in [3.05, 3.63) is 0 Å². The molecule has 2 atom stereocenters. The fourth-order valence-electron chi connectivity index (χ4n) is 1.68. The van der Waals surface area contributed by atoms with E-state index < -0.39 is 0 Å². The standard InChI is InChI=1S/C7H13NO3/c9-4-5-2-1-3-6(5)7(10)8-11/h5-6,9,11H,1-4H2,(H,8,10)/t5-,6-/m0/s1. The first-order valence-electron chi connectivity index (χ1n) is 3.84. The third-order valence-electron chi connectivity index (χ3n) is 2.34. The van der Waals surface area contributed by atoms with Gasteiger partial charge in [0.2, 0.25) is 5.91 Å². The summed E-state index contributed by atoms with van der Waals surface area (Å²) in [6.45, 7) is 0.0398. The van der Waals surface area contributed by atoms with Crippen molar-refractivity contribution in [2.75, 3.05) is 6.61 Å². The highest BCUT2D eigenvalue weighted by Gasteiger charge is 2.31. The number of hydrogen-bond acceptors (Lipinski definition) is 3. The summed E-state index contributed by atoms with van der Waals surface area (Å²) in [5.41, 5.74) is 1.62. The van der Waals surface area contributed by atoms with Crippen molar-refractivity contribution >= 4 is 5.91 Å². The zero-order valence-corrected chi connectivity index (χ0v) is 6.29. The smallest absolute Gasteiger partial charge is 0.246 e. The molecule has 0 aromatic rings. The maximum absolute atomic E-state index is 10.9. The largest absolute Gasteiger partial charge is 0.396 e. The lowest BCUT2D eigenvalue weighted by Crippen LogP contribution is -2.31. The van der Waals surface area contributed by atoms with Gasteiger partial charge in [-0.3, -0.25) is 10.0 Å². The molecular weight excluding hydrogens is 146 g/mol. The topological polar surface area (TPSA) is 69.6 Å². The molecule has 0 unspecified atom stereocenters. The third kappa shape index (κ3) is 1.70. The van der Waals surface area contributed by atoms with E-state index in [1.54, 1.807) is 5.48 Å². The van der Waals surface area contributed by atoms with Crippen LogP contribution < -0.4 is 5.48 Å². The van der Waals surface area contributed by atoms with E-state index >= 15 is 0 Å². The summed E-state index contributed by atoms with van der Waals surface area (Å²) in [7, 11) is 0. The molecule has 0 aromatic heterocycles. The number of nitrogens with one attached hydrogen (secondary N) is 1. The molecule has 1 aliphatic rings. The van der Waals surface area contributed by atoms with Crippen LogP contribution in [0.25, 0.3) is 0 Å². The highest BCUT2D eigenvalue weighted by Crippen LogP contribution is 2.31. The zero-order chi connectivity index (χ0) is 8.27. The van der Waals surface area contributed by atoms with Gasteiger partial charge in [0.15, 0.2) is 0 Å². The number of amides is 1. The molecule has 4 nitrogen and oxygen atoms in total. The Hall–Kier alpha value is -0.610.